The van der Waals surface area contributed by atoms with E-state index in [4.69, 9.17) is 4.74 Å². The molecule has 0 aliphatic carbocycles. The molecule has 8 nitrogen and oxygen atoms in total. The van der Waals surface area contributed by atoms with Gasteiger partial charge in [-0.1, -0.05) is 13.3 Å². The molecule has 0 unspecified atom stereocenters. The van der Waals surface area contributed by atoms with Crippen molar-refractivity contribution in [3.63, 3.8) is 0 Å². The second-order valence-corrected chi connectivity index (χ2v) is 6.04. The van der Waals surface area contributed by atoms with Gasteiger partial charge in [0.2, 0.25) is 5.91 Å². The maximum Gasteiger partial charge on any atom is 0.246 e. The third-order valence-electron chi connectivity index (χ3n) is 4.00. The van der Waals surface area contributed by atoms with Crippen molar-refractivity contribution in [2.24, 2.45) is 12.0 Å². The summed E-state index contributed by atoms with van der Waals surface area (Å²) in [5.41, 5.74) is 0.846. The number of hydrogen-bond donors (Lipinski definition) is 1. The number of nitrogens with one attached hydrogen (secondary N) is 1. The third-order valence-corrected chi connectivity index (χ3v) is 4.00. The zero-order valence-corrected chi connectivity index (χ0v) is 18.3. The van der Waals surface area contributed by atoms with E-state index < -0.39 is 0 Å². The van der Waals surface area contributed by atoms with Crippen LogP contribution in [-0.2, 0) is 16.6 Å². The van der Waals surface area contributed by atoms with Gasteiger partial charge in [0.25, 0.3) is 0 Å². The average Bonchev–Trinajstić information content (AvgIpc) is 3.03. The first kappa shape index (κ1) is 22.7. The van der Waals surface area contributed by atoms with Gasteiger partial charge >= 0.3 is 0 Å². The van der Waals surface area contributed by atoms with E-state index in [1.54, 1.807) is 15.8 Å². The second kappa shape index (κ2) is 12.1. The fraction of sp³-hybridized carbons (Fsp3) is 0.706. The first-order chi connectivity index (χ1) is 12.2. The number of halogens is 1. The molecular weight excluding hydrogens is 447 g/mol. The van der Waals surface area contributed by atoms with Gasteiger partial charge in [0.1, 0.15) is 6.54 Å². The molecule has 0 radical (unpaired) electrons. The van der Waals surface area contributed by atoms with E-state index in [2.05, 4.69) is 22.3 Å². The summed E-state index contributed by atoms with van der Waals surface area (Å²) in [6.45, 7) is 8.62. The molecule has 1 amide bonds. The van der Waals surface area contributed by atoms with Crippen LogP contribution >= 0.6 is 24.0 Å². The zero-order chi connectivity index (χ0) is 18.1. The first-order valence-corrected chi connectivity index (χ1v) is 9.05. The molecule has 0 spiro atoms. The molecule has 1 aromatic rings. The lowest BCUT2D eigenvalue weighted by Crippen LogP contribution is -2.55. The summed E-state index contributed by atoms with van der Waals surface area (Å²) in [7, 11) is 1.85. The summed E-state index contributed by atoms with van der Waals surface area (Å²) in [6, 6.07) is 0. The number of piperazine rings is 1. The minimum absolute atomic E-state index is 0. The fourth-order valence-electron chi connectivity index (χ4n) is 2.67. The van der Waals surface area contributed by atoms with E-state index in [0.29, 0.717) is 26.2 Å². The van der Waals surface area contributed by atoms with Gasteiger partial charge in [-0.25, -0.2) is 0 Å². The van der Waals surface area contributed by atoms with E-state index >= 15 is 0 Å². The van der Waals surface area contributed by atoms with Crippen LogP contribution in [0, 0.1) is 0 Å². The molecule has 1 fully saturated rings. The molecule has 0 atom stereocenters. The Morgan fingerprint density at radius 3 is 2.77 bits per heavy atom. The summed E-state index contributed by atoms with van der Waals surface area (Å²) in [5.74, 6) is 0.838. The molecule has 0 bridgehead atoms. The number of carbonyl (C=O) groups is 1. The Morgan fingerprint density at radius 1 is 1.35 bits per heavy atom. The highest BCUT2D eigenvalue weighted by atomic mass is 127. The number of aromatic nitrogens is 2. The number of nitrogens with zero attached hydrogens (tertiary/aromatic N) is 5. The summed E-state index contributed by atoms with van der Waals surface area (Å²) in [5, 5.41) is 7.41. The minimum atomic E-state index is 0. The summed E-state index contributed by atoms with van der Waals surface area (Å²) in [4.78, 5) is 20.9. The van der Waals surface area contributed by atoms with Crippen molar-refractivity contribution in [3.8, 4) is 0 Å². The number of aryl methyl sites for hydroxylation is 1. The zero-order valence-electron chi connectivity index (χ0n) is 16.0. The SMILES string of the molecule is CCCCOCCN=C(NCC)N1CCN(c2cnn(C)c2)C(=O)C1.I. The van der Waals surface area contributed by atoms with Crippen LogP contribution in [0.1, 0.15) is 26.7 Å². The van der Waals surface area contributed by atoms with Crippen LogP contribution in [0.15, 0.2) is 17.4 Å². The van der Waals surface area contributed by atoms with Gasteiger partial charge in [0, 0.05) is 39.5 Å². The van der Waals surface area contributed by atoms with Crippen LogP contribution in [0.5, 0.6) is 0 Å². The summed E-state index contributed by atoms with van der Waals surface area (Å²) in [6.07, 6.45) is 5.80. The molecule has 1 aliphatic heterocycles. The van der Waals surface area contributed by atoms with E-state index in [-0.39, 0.29) is 29.9 Å². The van der Waals surface area contributed by atoms with Crippen LogP contribution in [0.2, 0.25) is 0 Å². The van der Waals surface area contributed by atoms with Gasteiger partial charge in [0.05, 0.1) is 25.0 Å². The highest BCUT2D eigenvalue weighted by Gasteiger charge is 2.27. The van der Waals surface area contributed by atoms with E-state index in [1.165, 1.54) is 0 Å². The number of ether oxygens (including phenoxy) is 1. The molecule has 1 aromatic heterocycles. The highest BCUT2D eigenvalue weighted by Crippen LogP contribution is 2.16. The number of carbonyl (C=O) groups excluding carboxylic acids is 1. The van der Waals surface area contributed by atoms with Crippen LogP contribution in [0.3, 0.4) is 0 Å². The Kier molecular flexibility index (Phi) is 10.6. The Labute approximate surface area is 173 Å². The molecular formula is C17H31IN6O2. The van der Waals surface area contributed by atoms with Crippen LogP contribution in [-0.4, -0.2) is 72.5 Å². The van der Waals surface area contributed by atoms with E-state index in [9.17, 15) is 4.79 Å². The number of anilines is 1. The Bertz CT molecular complexity index is 577. The largest absolute Gasteiger partial charge is 0.380 e. The number of amides is 1. The number of rotatable bonds is 8. The molecule has 9 heteroatoms. The molecule has 0 saturated carbocycles. The predicted octanol–water partition coefficient (Wildman–Crippen LogP) is 1.47. The van der Waals surface area contributed by atoms with Gasteiger partial charge in [-0.05, 0) is 13.3 Å². The van der Waals surface area contributed by atoms with Gasteiger partial charge in [0.15, 0.2) is 5.96 Å². The van der Waals surface area contributed by atoms with Gasteiger partial charge in [-0.3, -0.25) is 14.5 Å². The lowest BCUT2D eigenvalue weighted by molar-refractivity contribution is -0.120. The number of aliphatic imine (C=N–C) groups is 1. The lowest BCUT2D eigenvalue weighted by Gasteiger charge is -2.35. The maximum atomic E-state index is 12.5. The highest BCUT2D eigenvalue weighted by molar-refractivity contribution is 14.0. The molecule has 2 heterocycles. The fourth-order valence-corrected chi connectivity index (χ4v) is 2.67. The van der Waals surface area contributed by atoms with Crippen molar-refractivity contribution < 1.29 is 9.53 Å². The maximum absolute atomic E-state index is 12.5. The predicted molar refractivity (Wildman–Crippen MR) is 114 cm³/mol. The topological polar surface area (TPSA) is 75.0 Å². The van der Waals surface area contributed by atoms with Crippen molar-refractivity contribution in [1.29, 1.82) is 0 Å². The number of unbranched alkanes of at least 4 members (excludes halogenated alkanes) is 1. The van der Waals surface area contributed by atoms with Crippen molar-refractivity contribution in [2.75, 3.05) is 50.8 Å². The Morgan fingerprint density at radius 2 is 2.15 bits per heavy atom. The molecule has 0 aromatic carbocycles. The average molecular weight is 478 g/mol. The minimum Gasteiger partial charge on any atom is -0.380 e. The quantitative estimate of drug-likeness (QED) is 0.265. The van der Waals surface area contributed by atoms with Gasteiger partial charge < -0.3 is 19.9 Å². The van der Waals surface area contributed by atoms with Crippen LogP contribution in [0.25, 0.3) is 0 Å². The molecule has 1 saturated heterocycles. The van der Waals surface area contributed by atoms with E-state index in [1.807, 2.05) is 25.1 Å². The molecule has 26 heavy (non-hydrogen) atoms. The number of guanidine groups is 1. The smallest absolute Gasteiger partial charge is 0.246 e. The standard InChI is InChI=1S/C17H30N6O2.HI/c1-4-6-10-25-11-7-19-17(18-5-2)22-8-9-23(16(24)14-22)15-12-20-21(3)13-15;/h12-13H,4-11,14H2,1-3H3,(H,18,19);1H. The van der Waals surface area contributed by atoms with Crippen LogP contribution in [0.4, 0.5) is 5.69 Å². The summed E-state index contributed by atoms with van der Waals surface area (Å²) < 4.78 is 7.26. The number of hydrogen-bond acceptors (Lipinski definition) is 4. The monoisotopic (exact) mass is 478 g/mol. The first-order valence-electron chi connectivity index (χ1n) is 9.05. The van der Waals surface area contributed by atoms with E-state index in [0.717, 1.165) is 44.2 Å². The third kappa shape index (κ3) is 6.75. The van der Waals surface area contributed by atoms with Crippen molar-refractivity contribution in [1.82, 2.24) is 20.0 Å². The van der Waals surface area contributed by atoms with Crippen molar-refractivity contribution in [2.45, 2.75) is 26.7 Å². The van der Waals surface area contributed by atoms with Crippen molar-refractivity contribution >= 4 is 41.5 Å². The lowest BCUT2D eigenvalue weighted by atomic mass is 10.3. The molecule has 148 valence electrons. The normalized spacial score (nSPS) is 15.2. The van der Waals surface area contributed by atoms with Crippen LogP contribution < -0.4 is 10.2 Å². The molecule has 1 N–H and O–H groups in total. The molecule has 2 rings (SSSR count). The van der Waals surface area contributed by atoms with Gasteiger partial charge in [-0.2, -0.15) is 5.10 Å². The summed E-state index contributed by atoms with van der Waals surface area (Å²) >= 11 is 0. The Hall–Kier alpha value is -1.36. The van der Waals surface area contributed by atoms with Crippen molar-refractivity contribution in [3.05, 3.63) is 12.4 Å². The Balaban J connectivity index is 0.00000338. The second-order valence-electron chi connectivity index (χ2n) is 6.04. The van der Waals surface area contributed by atoms with Gasteiger partial charge in [-0.15, -0.1) is 24.0 Å². The molecule has 1 aliphatic rings.